The number of aliphatic hydroxyl groups excluding tert-OH is 1. The zero-order valence-corrected chi connectivity index (χ0v) is 5.66. The summed E-state index contributed by atoms with van der Waals surface area (Å²) in [5.74, 6) is -0.0206. The van der Waals surface area contributed by atoms with Gasteiger partial charge < -0.3 is 5.11 Å². The van der Waals surface area contributed by atoms with Gasteiger partial charge in [0.25, 0.3) is 0 Å². The first kappa shape index (κ1) is 7.22. The largest absolute Gasteiger partial charge is 0.388 e. The second-order valence-electron chi connectivity index (χ2n) is 2.42. The third-order valence-electron chi connectivity index (χ3n) is 1.66. The first-order valence-electron chi connectivity index (χ1n) is 3.25. The molecule has 54 valence electrons. The molecule has 2 heteroatoms. The highest BCUT2D eigenvalue weighted by atomic mass is 16.3. The Bertz CT molecular complexity index is 182. The molecule has 1 aliphatic rings. The summed E-state index contributed by atoms with van der Waals surface area (Å²) in [6.07, 6.45) is 4.42. The molecule has 2 atom stereocenters. The standard InChI is InChI=1S/C8H10O2/c1-2-6-5-7(9)3-4-8(6)10/h2-4,6,8,10H,1,5H2/t6-,8-/m1/s1. The molecule has 0 spiro atoms. The zero-order valence-electron chi connectivity index (χ0n) is 5.66. The van der Waals surface area contributed by atoms with E-state index in [4.69, 9.17) is 0 Å². The molecule has 2 nitrogen and oxygen atoms in total. The fourth-order valence-corrected chi connectivity index (χ4v) is 0.992. The maximum absolute atomic E-state index is 10.7. The van der Waals surface area contributed by atoms with E-state index in [1.807, 2.05) is 0 Å². The van der Waals surface area contributed by atoms with Gasteiger partial charge in [-0.15, -0.1) is 6.58 Å². The Morgan fingerprint density at radius 3 is 3.00 bits per heavy atom. The summed E-state index contributed by atoms with van der Waals surface area (Å²) < 4.78 is 0. The summed E-state index contributed by atoms with van der Waals surface area (Å²) in [6, 6.07) is 0. The quantitative estimate of drug-likeness (QED) is 0.541. The molecule has 0 aliphatic heterocycles. The SMILES string of the molecule is C=C[C@@H]1CC(=O)C=C[C@H]1O. The van der Waals surface area contributed by atoms with Gasteiger partial charge in [0.15, 0.2) is 5.78 Å². The van der Waals surface area contributed by atoms with E-state index < -0.39 is 6.10 Å². The van der Waals surface area contributed by atoms with Gasteiger partial charge in [0.2, 0.25) is 0 Å². The van der Waals surface area contributed by atoms with Crippen LogP contribution in [0.3, 0.4) is 0 Å². The molecule has 0 amide bonds. The molecule has 0 bridgehead atoms. The molecule has 0 radical (unpaired) electrons. The lowest BCUT2D eigenvalue weighted by atomic mass is 9.91. The third kappa shape index (κ3) is 1.33. The first-order valence-corrected chi connectivity index (χ1v) is 3.25. The van der Waals surface area contributed by atoms with Crippen LogP contribution in [0.4, 0.5) is 0 Å². The van der Waals surface area contributed by atoms with Crippen molar-refractivity contribution in [2.45, 2.75) is 12.5 Å². The monoisotopic (exact) mass is 138 g/mol. The van der Waals surface area contributed by atoms with Crippen molar-refractivity contribution in [3.8, 4) is 0 Å². The summed E-state index contributed by atoms with van der Waals surface area (Å²) in [6.45, 7) is 3.52. The zero-order chi connectivity index (χ0) is 7.56. The highest BCUT2D eigenvalue weighted by Gasteiger charge is 2.19. The lowest BCUT2D eigenvalue weighted by molar-refractivity contribution is -0.116. The maximum Gasteiger partial charge on any atom is 0.156 e. The highest BCUT2D eigenvalue weighted by Crippen LogP contribution is 2.16. The highest BCUT2D eigenvalue weighted by molar-refractivity contribution is 5.91. The van der Waals surface area contributed by atoms with Crippen LogP contribution in [0.1, 0.15) is 6.42 Å². The Balaban J connectivity index is 2.70. The number of carbonyl (C=O) groups excluding carboxylic acids is 1. The van der Waals surface area contributed by atoms with Crippen LogP contribution in [0.5, 0.6) is 0 Å². The Morgan fingerprint density at radius 1 is 1.80 bits per heavy atom. The van der Waals surface area contributed by atoms with Crippen LogP contribution in [-0.2, 0) is 4.79 Å². The lowest BCUT2D eigenvalue weighted by Crippen LogP contribution is -2.22. The predicted molar refractivity (Wildman–Crippen MR) is 38.5 cm³/mol. The number of hydrogen-bond acceptors (Lipinski definition) is 2. The molecular weight excluding hydrogens is 128 g/mol. The van der Waals surface area contributed by atoms with Crippen LogP contribution in [0.15, 0.2) is 24.8 Å². The average molecular weight is 138 g/mol. The van der Waals surface area contributed by atoms with Gasteiger partial charge in [0.05, 0.1) is 6.10 Å². The van der Waals surface area contributed by atoms with Gasteiger partial charge in [-0.05, 0) is 6.08 Å². The molecule has 0 unspecified atom stereocenters. The number of hydrogen-bond donors (Lipinski definition) is 1. The van der Waals surface area contributed by atoms with Crippen molar-refractivity contribution in [1.82, 2.24) is 0 Å². The van der Waals surface area contributed by atoms with Gasteiger partial charge in [-0.1, -0.05) is 12.2 Å². The fourth-order valence-electron chi connectivity index (χ4n) is 0.992. The van der Waals surface area contributed by atoms with Crippen molar-refractivity contribution >= 4 is 5.78 Å². The topological polar surface area (TPSA) is 37.3 Å². The molecule has 1 aliphatic carbocycles. The molecule has 0 saturated heterocycles. The van der Waals surface area contributed by atoms with E-state index in [1.54, 1.807) is 6.08 Å². The number of carbonyl (C=O) groups is 1. The average Bonchev–Trinajstić information content (AvgIpc) is 1.94. The number of ketones is 1. The van der Waals surface area contributed by atoms with Crippen LogP contribution in [-0.4, -0.2) is 17.0 Å². The minimum atomic E-state index is -0.518. The molecule has 0 fully saturated rings. The van der Waals surface area contributed by atoms with Crippen molar-refractivity contribution < 1.29 is 9.90 Å². The van der Waals surface area contributed by atoms with Gasteiger partial charge in [-0.3, -0.25) is 4.79 Å². The molecule has 0 aromatic carbocycles. The van der Waals surface area contributed by atoms with Gasteiger partial charge in [0.1, 0.15) is 0 Å². The van der Waals surface area contributed by atoms with E-state index in [9.17, 15) is 9.90 Å². The number of rotatable bonds is 1. The van der Waals surface area contributed by atoms with Crippen molar-refractivity contribution in [3.05, 3.63) is 24.8 Å². The first-order chi connectivity index (χ1) is 4.74. The van der Waals surface area contributed by atoms with Crippen LogP contribution in [0, 0.1) is 5.92 Å². The number of allylic oxidation sites excluding steroid dienone is 1. The molecule has 0 heterocycles. The summed E-state index contributed by atoms with van der Waals surface area (Å²) in [5, 5.41) is 9.18. The second-order valence-corrected chi connectivity index (χ2v) is 2.42. The number of aliphatic hydroxyl groups is 1. The van der Waals surface area contributed by atoms with E-state index in [0.29, 0.717) is 6.42 Å². The van der Waals surface area contributed by atoms with Crippen LogP contribution in [0.2, 0.25) is 0 Å². The Hall–Kier alpha value is -0.890. The van der Waals surface area contributed by atoms with E-state index in [1.165, 1.54) is 12.2 Å². The lowest BCUT2D eigenvalue weighted by Gasteiger charge is -2.18. The van der Waals surface area contributed by atoms with Crippen molar-refractivity contribution in [3.63, 3.8) is 0 Å². The molecule has 1 N–H and O–H groups in total. The van der Waals surface area contributed by atoms with E-state index in [0.717, 1.165) is 0 Å². The maximum atomic E-state index is 10.7. The summed E-state index contributed by atoms with van der Waals surface area (Å²) >= 11 is 0. The van der Waals surface area contributed by atoms with Gasteiger partial charge in [-0.2, -0.15) is 0 Å². The summed E-state index contributed by atoms with van der Waals surface area (Å²) in [7, 11) is 0. The molecule has 0 saturated carbocycles. The Morgan fingerprint density at radius 2 is 2.50 bits per heavy atom. The Kier molecular flexibility index (Phi) is 2.02. The summed E-state index contributed by atoms with van der Waals surface area (Å²) in [4.78, 5) is 10.7. The predicted octanol–water partition coefficient (Wildman–Crippen LogP) is 0.678. The van der Waals surface area contributed by atoms with Crippen LogP contribution >= 0.6 is 0 Å². The van der Waals surface area contributed by atoms with Gasteiger partial charge in [-0.25, -0.2) is 0 Å². The minimum Gasteiger partial charge on any atom is -0.388 e. The van der Waals surface area contributed by atoms with Gasteiger partial charge in [0, 0.05) is 12.3 Å². The van der Waals surface area contributed by atoms with Crippen molar-refractivity contribution in [2.24, 2.45) is 5.92 Å². The third-order valence-corrected chi connectivity index (χ3v) is 1.66. The van der Waals surface area contributed by atoms with Crippen LogP contribution < -0.4 is 0 Å². The second kappa shape index (κ2) is 2.80. The Labute approximate surface area is 59.9 Å². The van der Waals surface area contributed by atoms with Crippen molar-refractivity contribution in [1.29, 1.82) is 0 Å². The minimum absolute atomic E-state index is 0.0650. The van der Waals surface area contributed by atoms with Crippen molar-refractivity contribution in [2.75, 3.05) is 0 Å². The smallest absolute Gasteiger partial charge is 0.156 e. The molecule has 0 aromatic heterocycles. The normalized spacial score (nSPS) is 32.3. The van der Waals surface area contributed by atoms with E-state index >= 15 is 0 Å². The van der Waals surface area contributed by atoms with E-state index in [2.05, 4.69) is 6.58 Å². The van der Waals surface area contributed by atoms with Gasteiger partial charge >= 0.3 is 0 Å². The summed E-state index contributed by atoms with van der Waals surface area (Å²) in [5.41, 5.74) is 0. The molecule has 1 rings (SSSR count). The molecule has 0 aromatic rings. The van der Waals surface area contributed by atoms with Crippen LogP contribution in [0.25, 0.3) is 0 Å². The molecular formula is C8H10O2. The van der Waals surface area contributed by atoms with E-state index in [-0.39, 0.29) is 11.7 Å². The molecule has 10 heavy (non-hydrogen) atoms. The fraction of sp³-hybridized carbons (Fsp3) is 0.375.